The van der Waals surface area contributed by atoms with Gasteiger partial charge in [-0.1, -0.05) is 12.1 Å². The first-order valence-electron chi connectivity index (χ1n) is 6.26. The van der Waals surface area contributed by atoms with Crippen molar-refractivity contribution in [2.45, 2.75) is 26.3 Å². The molecular formula is C12H19N3O2S. The lowest BCUT2D eigenvalue weighted by molar-refractivity contribution is -0.121. The van der Waals surface area contributed by atoms with Crippen LogP contribution in [0.3, 0.4) is 0 Å². The molecule has 1 aliphatic rings. The number of thioether (sulfide) groups is 1. The molecule has 1 aliphatic heterocycles. The molecule has 2 rings (SSSR count). The van der Waals surface area contributed by atoms with Crippen LogP contribution in [0.4, 0.5) is 5.82 Å². The van der Waals surface area contributed by atoms with E-state index >= 15 is 0 Å². The predicted octanol–water partition coefficient (Wildman–Crippen LogP) is 1.75. The topological polar surface area (TPSA) is 58.4 Å². The van der Waals surface area contributed by atoms with Crippen LogP contribution in [0.1, 0.15) is 19.1 Å². The third kappa shape index (κ3) is 3.26. The van der Waals surface area contributed by atoms with Gasteiger partial charge in [-0.2, -0.15) is 11.8 Å². The normalized spacial score (nSPS) is 18.6. The minimum absolute atomic E-state index is 0.0118. The molecule has 1 saturated heterocycles. The van der Waals surface area contributed by atoms with E-state index in [-0.39, 0.29) is 11.9 Å². The highest BCUT2D eigenvalue weighted by Crippen LogP contribution is 2.16. The summed E-state index contributed by atoms with van der Waals surface area (Å²) in [5.41, 5.74) is 0. The second-order valence-corrected chi connectivity index (χ2v) is 5.61. The number of anilines is 1. The smallest absolute Gasteiger partial charge is 0.242 e. The number of amides is 1. The lowest BCUT2D eigenvalue weighted by atomic mass is 10.1. The van der Waals surface area contributed by atoms with Crippen molar-refractivity contribution in [3.05, 3.63) is 11.8 Å². The van der Waals surface area contributed by atoms with Gasteiger partial charge < -0.3 is 9.84 Å². The number of carbonyl (C=O) groups excluding carboxylic acids is 1. The average Bonchev–Trinajstić information content (AvgIpc) is 2.77. The maximum Gasteiger partial charge on any atom is 0.242 e. The molecule has 6 heteroatoms. The molecule has 0 aromatic carbocycles. The monoisotopic (exact) mass is 269 g/mol. The Balaban J connectivity index is 1.96. The first-order valence-corrected chi connectivity index (χ1v) is 7.42. The van der Waals surface area contributed by atoms with E-state index in [1.807, 2.05) is 25.6 Å². The molecule has 0 spiro atoms. The van der Waals surface area contributed by atoms with Gasteiger partial charge in [0.25, 0.3) is 0 Å². The molecule has 0 unspecified atom stereocenters. The number of nitrogens with zero attached hydrogens (tertiary/aromatic N) is 2. The molecule has 1 amide bonds. The Bertz CT molecular complexity index is 402. The highest BCUT2D eigenvalue weighted by atomic mass is 32.2. The summed E-state index contributed by atoms with van der Waals surface area (Å²) in [7, 11) is 0. The fourth-order valence-electron chi connectivity index (χ4n) is 2.13. The van der Waals surface area contributed by atoms with Crippen molar-refractivity contribution in [3.63, 3.8) is 0 Å². The van der Waals surface area contributed by atoms with Crippen LogP contribution in [0, 0.1) is 6.92 Å². The third-order valence-electron chi connectivity index (χ3n) is 3.06. The minimum atomic E-state index is -0.0668. The Morgan fingerprint density at radius 2 is 2.33 bits per heavy atom. The molecule has 0 bridgehead atoms. The van der Waals surface area contributed by atoms with Gasteiger partial charge in [-0.25, -0.2) is 0 Å². The third-order valence-corrected chi connectivity index (χ3v) is 4.00. The van der Waals surface area contributed by atoms with Crippen LogP contribution < -0.4 is 5.32 Å². The molecule has 0 saturated carbocycles. The summed E-state index contributed by atoms with van der Waals surface area (Å²) in [6.07, 6.45) is 0.813. The number of carbonyl (C=O) groups is 1. The van der Waals surface area contributed by atoms with Crippen molar-refractivity contribution in [2.24, 2.45) is 0 Å². The Hall–Kier alpha value is -1.01. The summed E-state index contributed by atoms with van der Waals surface area (Å²) in [6, 6.07) is 1.67. The molecular weight excluding hydrogens is 250 g/mol. The van der Waals surface area contributed by atoms with E-state index in [0.29, 0.717) is 11.6 Å². The van der Waals surface area contributed by atoms with Gasteiger partial charge in [-0.15, -0.1) is 0 Å². The standard InChI is InChI=1S/C12H19N3O2S/c1-3-10(15-4-6-18-7-5-15)12(16)13-11-8-9(2)17-14-11/h8,10H,3-7H2,1-2H3,(H,13,14,16)/t10-/m0/s1. The highest BCUT2D eigenvalue weighted by molar-refractivity contribution is 7.99. The van der Waals surface area contributed by atoms with E-state index in [9.17, 15) is 4.79 Å². The van der Waals surface area contributed by atoms with Crippen LogP contribution >= 0.6 is 11.8 Å². The average molecular weight is 269 g/mol. The predicted molar refractivity (Wildman–Crippen MR) is 72.8 cm³/mol. The molecule has 2 heterocycles. The van der Waals surface area contributed by atoms with Crippen molar-refractivity contribution < 1.29 is 9.32 Å². The van der Waals surface area contributed by atoms with Gasteiger partial charge in [0.15, 0.2) is 5.82 Å². The van der Waals surface area contributed by atoms with Gasteiger partial charge in [-0.05, 0) is 13.3 Å². The minimum Gasteiger partial charge on any atom is -0.360 e. The van der Waals surface area contributed by atoms with E-state index in [4.69, 9.17) is 4.52 Å². The maximum atomic E-state index is 12.2. The molecule has 1 fully saturated rings. The number of hydrogen-bond donors (Lipinski definition) is 1. The number of aromatic nitrogens is 1. The summed E-state index contributed by atoms with van der Waals surface area (Å²) in [6.45, 7) is 5.81. The summed E-state index contributed by atoms with van der Waals surface area (Å²) < 4.78 is 4.94. The number of aryl methyl sites for hydroxylation is 1. The SMILES string of the molecule is CC[C@@H](C(=O)Nc1cc(C)on1)N1CCSCC1. The van der Waals surface area contributed by atoms with Crippen LogP contribution in [-0.4, -0.2) is 46.6 Å². The van der Waals surface area contributed by atoms with Gasteiger partial charge >= 0.3 is 0 Å². The van der Waals surface area contributed by atoms with Crippen LogP contribution in [0.5, 0.6) is 0 Å². The zero-order valence-electron chi connectivity index (χ0n) is 10.8. The number of rotatable bonds is 4. The fraction of sp³-hybridized carbons (Fsp3) is 0.667. The summed E-state index contributed by atoms with van der Waals surface area (Å²) in [5.74, 6) is 3.42. The van der Waals surface area contributed by atoms with E-state index in [2.05, 4.69) is 15.4 Å². The van der Waals surface area contributed by atoms with Gasteiger partial charge in [0.1, 0.15) is 5.76 Å². The summed E-state index contributed by atoms with van der Waals surface area (Å²) >= 11 is 1.94. The Morgan fingerprint density at radius 3 is 2.89 bits per heavy atom. The number of hydrogen-bond acceptors (Lipinski definition) is 5. The van der Waals surface area contributed by atoms with Gasteiger partial charge in [0, 0.05) is 30.7 Å². The number of nitrogens with one attached hydrogen (secondary N) is 1. The molecule has 0 aliphatic carbocycles. The largest absolute Gasteiger partial charge is 0.360 e. The molecule has 1 atom stereocenters. The zero-order valence-corrected chi connectivity index (χ0v) is 11.6. The lowest BCUT2D eigenvalue weighted by Crippen LogP contribution is -2.47. The van der Waals surface area contributed by atoms with E-state index in [1.54, 1.807) is 6.07 Å². The fourth-order valence-corrected chi connectivity index (χ4v) is 3.06. The first-order chi connectivity index (χ1) is 8.70. The zero-order chi connectivity index (χ0) is 13.0. The molecule has 1 aromatic heterocycles. The molecule has 1 N–H and O–H groups in total. The van der Waals surface area contributed by atoms with Crippen molar-refractivity contribution in [3.8, 4) is 0 Å². The molecule has 1 aromatic rings. The summed E-state index contributed by atoms with van der Waals surface area (Å²) in [4.78, 5) is 14.5. The van der Waals surface area contributed by atoms with Crippen LogP contribution in [0.15, 0.2) is 10.6 Å². The second kappa shape index (κ2) is 6.24. The van der Waals surface area contributed by atoms with Gasteiger partial charge in [0.2, 0.25) is 5.91 Å². The van der Waals surface area contributed by atoms with Crippen molar-refractivity contribution in [1.29, 1.82) is 0 Å². The molecule has 0 radical (unpaired) electrons. The van der Waals surface area contributed by atoms with Crippen molar-refractivity contribution in [1.82, 2.24) is 10.1 Å². The van der Waals surface area contributed by atoms with Gasteiger partial charge in [0.05, 0.1) is 6.04 Å². The first kappa shape index (κ1) is 13.4. The van der Waals surface area contributed by atoms with E-state index in [0.717, 1.165) is 31.0 Å². The van der Waals surface area contributed by atoms with Crippen molar-refractivity contribution in [2.75, 3.05) is 29.9 Å². The van der Waals surface area contributed by atoms with Crippen LogP contribution in [-0.2, 0) is 4.79 Å². The molecule has 5 nitrogen and oxygen atoms in total. The van der Waals surface area contributed by atoms with Gasteiger partial charge in [-0.3, -0.25) is 9.69 Å². The maximum absolute atomic E-state index is 12.2. The van der Waals surface area contributed by atoms with Crippen LogP contribution in [0.25, 0.3) is 0 Å². The second-order valence-electron chi connectivity index (χ2n) is 4.38. The Kier molecular flexibility index (Phi) is 4.66. The highest BCUT2D eigenvalue weighted by Gasteiger charge is 2.26. The Labute approximate surface area is 111 Å². The van der Waals surface area contributed by atoms with E-state index in [1.165, 1.54) is 0 Å². The van der Waals surface area contributed by atoms with Crippen LogP contribution in [0.2, 0.25) is 0 Å². The van der Waals surface area contributed by atoms with E-state index < -0.39 is 0 Å². The summed E-state index contributed by atoms with van der Waals surface area (Å²) in [5, 5.41) is 6.61. The van der Waals surface area contributed by atoms with Crippen molar-refractivity contribution >= 4 is 23.5 Å². The lowest BCUT2D eigenvalue weighted by Gasteiger charge is -2.32. The molecule has 100 valence electrons. The molecule has 18 heavy (non-hydrogen) atoms. The quantitative estimate of drug-likeness (QED) is 0.902. The Morgan fingerprint density at radius 1 is 1.61 bits per heavy atom.